The highest BCUT2D eigenvalue weighted by molar-refractivity contribution is 5.74. The number of aryl methyl sites for hydroxylation is 1. The average Bonchev–Trinajstić information content (AvgIpc) is 2.32. The number of alkyl halides is 3. The van der Waals surface area contributed by atoms with Crippen molar-refractivity contribution in [3.63, 3.8) is 0 Å². The van der Waals surface area contributed by atoms with Gasteiger partial charge in [0, 0.05) is 11.6 Å². The van der Waals surface area contributed by atoms with Gasteiger partial charge in [-0.15, -0.1) is 13.2 Å². The molecule has 0 fully saturated rings. The number of rotatable bonds is 5. The molecule has 0 bridgehead atoms. The van der Waals surface area contributed by atoms with Crippen LogP contribution >= 0.6 is 0 Å². The van der Waals surface area contributed by atoms with E-state index >= 15 is 0 Å². The molecule has 0 radical (unpaired) electrons. The number of esters is 1. The minimum atomic E-state index is -4.87. The number of ether oxygens (including phenoxy) is 3. The zero-order valence-electron chi connectivity index (χ0n) is 11.2. The van der Waals surface area contributed by atoms with Crippen LogP contribution in [0.25, 0.3) is 0 Å². The molecule has 0 aliphatic carbocycles. The lowest BCUT2D eigenvalue weighted by Crippen LogP contribution is -2.20. The van der Waals surface area contributed by atoms with Crippen LogP contribution in [0.5, 0.6) is 11.6 Å². The number of carbonyl (C=O) groups excluding carboxylic acids is 1. The van der Waals surface area contributed by atoms with Crippen LogP contribution in [0.4, 0.5) is 13.2 Å². The highest BCUT2D eigenvalue weighted by Gasteiger charge is 2.33. The average molecular weight is 293 g/mol. The van der Waals surface area contributed by atoms with Crippen molar-refractivity contribution < 1.29 is 32.2 Å². The molecule has 0 saturated heterocycles. The molecule has 0 aliphatic rings. The highest BCUT2D eigenvalue weighted by atomic mass is 19.4. The second kappa shape index (κ2) is 6.44. The topological polar surface area (TPSA) is 57.7 Å². The largest absolute Gasteiger partial charge is 0.573 e. The van der Waals surface area contributed by atoms with E-state index < -0.39 is 18.1 Å². The second-order valence-electron chi connectivity index (χ2n) is 3.77. The molecule has 5 nitrogen and oxygen atoms in total. The van der Waals surface area contributed by atoms with Crippen molar-refractivity contribution >= 4 is 5.97 Å². The van der Waals surface area contributed by atoms with Gasteiger partial charge >= 0.3 is 12.3 Å². The van der Waals surface area contributed by atoms with Gasteiger partial charge in [0.15, 0.2) is 5.75 Å². The maximum absolute atomic E-state index is 12.4. The molecule has 0 amide bonds. The molecule has 1 aromatic rings. The number of carbonyl (C=O) groups is 1. The maximum atomic E-state index is 12.4. The van der Waals surface area contributed by atoms with E-state index in [1.807, 2.05) is 0 Å². The van der Waals surface area contributed by atoms with Gasteiger partial charge in [-0.1, -0.05) is 0 Å². The summed E-state index contributed by atoms with van der Waals surface area (Å²) in [5.74, 6) is -1.07. The Morgan fingerprint density at radius 2 is 2.05 bits per heavy atom. The van der Waals surface area contributed by atoms with Crippen LogP contribution in [0.3, 0.4) is 0 Å². The summed E-state index contributed by atoms with van der Waals surface area (Å²) in [6.45, 7) is 3.07. The van der Waals surface area contributed by atoms with Crippen molar-refractivity contribution in [2.45, 2.75) is 26.6 Å². The fourth-order valence-corrected chi connectivity index (χ4v) is 1.55. The highest BCUT2D eigenvalue weighted by Crippen LogP contribution is 2.31. The van der Waals surface area contributed by atoms with Crippen LogP contribution in [0.1, 0.15) is 18.2 Å². The first-order chi connectivity index (χ1) is 9.26. The summed E-state index contributed by atoms with van der Waals surface area (Å²) in [4.78, 5) is 15.2. The zero-order chi connectivity index (χ0) is 15.3. The number of methoxy groups -OCH3 is 1. The molecule has 0 aliphatic heterocycles. The summed E-state index contributed by atoms with van der Waals surface area (Å²) < 4.78 is 50.6. The number of nitrogens with zero attached hydrogens (tertiary/aromatic N) is 1. The lowest BCUT2D eigenvalue weighted by molar-refractivity contribution is -0.275. The Labute approximate surface area is 113 Å². The summed E-state index contributed by atoms with van der Waals surface area (Å²) in [6.07, 6.45) is -5.23. The summed E-state index contributed by atoms with van der Waals surface area (Å²) in [5.41, 5.74) is -0.0221. The van der Waals surface area contributed by atoms with Crippen molar-refractivity contribution in [3.05, 3.63) is 17.3 Å². The molecule has 1 aromatic heterocycles. The predicted molar refractivity (Wildman–Crippen MR) is 62.5 cm³/mol. The first-order valence-corrected chi connectivity index (χ1v) is 5.72. The molecule has 0 saturated carbocycles. The number of halogens is 3. The van der Waals surface area contributed by atoms with E-state index in [4.69, 9.17) is 9.47 Å². The van der Waals surface area contributed by atoms with Crippen LogP contribution in [0, 0.1) is 6.92 Å². The summed E-state index contributed by atoms with van der Waals surface area (Å²) in [5, 5.41) is 0. The smallest absolute Gasteiger partial charge is 0.481 e. The predicted octanol–water partition coefficient (Wildman–Crippen LogP) is 2.40. The molecule has 112 valence electrons. The molecular formula is C12H14F3NO4. The number of pyridine rings is 1. The number of aromatic nitrogens is 1. The van der Waals surface area contributed by atoms with Crippen molar-refractivity contribution in [2.75, 3.05) is 13.7 Å². The van der Waals surface area contributed by atoms with Gasteiger partial charge in [-0.2, -0.15) is 0 Å². The van der Waals surface area contributed by atoms with Crippen molar-refractivity contribution in [1.82, 2.24) is 4.98 Å². The Balaban J connectivity index is 3.15. The van der Waals surface area contributed by atoms with E-state index in [0.29, 0.717) is 0 Å². The van der Waals surface area contributed by atoms with E-state index in [1.165, 1.54) is 20.1 Å². The quantitative estimate of drug-likeness (QED) is 0.780. The van der Waals surface area contributed by atoms with Gasteiger partial charge in [0.1, 0.15) is 0 Å². The monoisotopic (exact) mass is 293 g/mol. The van der Waals surface area contributed by atoms with E-state index in [1.54, 1.807) is 6.92 Å². The summed E-state index contributed by atoms with van der Waals surface area (Å²) >= 11 is 0. The first-order valence-electron chi connectivity index (χ1n) is 5.72. The fraction of sp³-hybridized carbons (Fsp3) is 0.500. The van der Waals surface area contributed by atoms with Crippen LogP contribution in [0.15, 0.2) is 6.07 Å². The Bertz CT molecular complexity index is 488. The van der Waals surface area contributed by atoms with E-state index in [2.05, 4.69) is 9.72 Å². The fourth-order valence-electron chi connectivity index (χ4n) is 1.55. The molecule has 0 aromatic carbocycles. The SMILES string of the molecule is CCOC(=O)Cc1cc(OC)nc(C)c1OC(F)(F)F. The number of hydrogen-bond donors (Lipinski definition) is 0. The Morgan fingerprint density at radius 3 is 2.55 bits per heavy atom. The Morgan fingerprint density at radius 1 is 1.40 bits per heavy atom. The third-order valence-electron chi connectivity index (χ3n) is 2.26. The minimum Gasteiger partial charge on any atom is -0.481 e. The second-order valence-corrected chi connectivity index (χ2v) is 3.77. The Kier molecular flexibility index (Phi) is 5.18. The molecule has 20 heavy (non-hydrogen) atoms. The molecule has 0 spiro atoms. The van der Waals surface area contributed by atoms with Crippen LogP contribution in [0.2, 0.25) is 0 Å². The van der Waals surface area contributed by atoms with E-state index in [0.717, 1.165) is 0 Å². The summed E-state index contributed by atoms with van der Waals surface area (Å²) in [7, 11) is 1.32. The summed E-state index contributed by atoms with van der Waals surface area (Å²) in [6, 6.07) is 1.21. The van der Waals surface area contributed by atoms with Gasteiger partial charge in [0.25, 0.3) is 0 Å². The molecule has 8 heteroatoms. The molecular weight excluding hydrogens is 279 g/mol. The number of hydrogen-bond acceptors (Lipinski definition) is 5. The lowest BCUT2D eigenvalue weighted by atomic mass is 10.1. The minimum absolute atomic E-state index is 0.00475. The van der Waals surface area contributed by atoms with Crippen LogP contribution < -0.4 is 9.47 Å². The van der Waals surface area contributed by atoms with Crippen molar-refractivity contribution in [1.29, 1.82) is 0 Å². The van der Waals surface area contributed by atoms with Gasteiger partial charge in [0.05, 0.1) is 25.8 Å². The molecule has 0 N–H and O–H groups in total. The molecule has 0 unspecified atom stereocenters. The molecule has 1 heterocycles. The van der Waals surface area contributed by atoms with Crippen molar-refractivity contribution in [2.24, 2.45) is 0 Å². The maximum Gasteiger partial charge on any atom is 0.573 e. The van der Waals surface area contributed by atoms with Gasteiger partial charge in [-0.25, -0.2) is 4.98 Å². The third-order valence-corrected chi connectivity index (χ3v) is 2.26. The zero-order valence-corrected chi connectivity index (χ0v) is 11.2. The Hall–Kier alpha value is -1.99. The van der Waals surface area contributed by atoms with Gasteiger partial charge in [-0.05, 0) is 13.8 Å². The first kappa shape index (κ1) is 16.1. The molecule has 1 rings (SSSR count). The van der Waals surface area contributed by atoms with Crippen molar-refractivity contribution in [3.8, 4) is 11.6 Å². The lowest BCUT2D eigenvalue weighted by Gasteiger charge is -2.15. The molecule has 0 atom stereocenters. The third kappa shape index (κ3) is 4.60. The normalized spacial score (nSPS) is 11.1. The standard InChI is InChI=1S/C12H14F3NO4/c1-4-19-10(17)6-8-5-9(18-3)16-7(2)11(8)20-12(13,14)15/h5H,4,6H2,1-3H3. The van der Waals surface area contributed by atoms with Gasteiger partial charge < -0.3 is 14.2 Å². The van der Waals surface area contributed by atoms with Crippen LogP contribution in [-0.2, 0) is 16.0 Å². The van der Waals surface area contributed by atoms with Crippen LogP contribution in [-0.4, -0.2) is 31.0 Å². The van der Waals surface area contributed by atoms with Gasteiger partial charge in [-0.3, -0.25) is 4.79 Å². The van der Waals surface area contributed by atoms with E-state index in [-0.39, 0.29) is 30.2 Å². The van der Waals surface area contributed by atoms with Gasteiger partial charge in [0.2, 0.25) is 5.88 Å². The van der Waals surface area contributed by atoms with E-state index in [9.17, 15) is 18.0 Å².